The lowest BCUT2D eigenvalue weighted by molar-refractivity contribution is -0.134. The number of hydrogen-bond donors (Lipinski definition) is 2. The summed E-state index contributed by atoms with van der Waals surface area (Å²) in [7, 11) is 0. The highest BCUT2D eigenvalue weighted by molar-refractivity contribution is 7.09. The smallest absolute Gasteiger partial charge is 0.242 e. The van der Waals surface area contributed by atoms with Crippen LogP contribution in [-0.2, 0) is 4.79 Å². The molecule has 1 aromatic heterocycles. The molecule has 1 aliphatic heterocycles. The third kappa shape index (κ3) is 3.80. The van der Waals surface area contributed by atoms with Crippen molar-refractivity contribution in [1.82, 2.24) is 9.88 Å². The molecular formula is C10H17Cl2N3O2S. The Morgan fingerprint density at radius 3 is 2.56 bits per heavy atom. The lowest BCUT2D eigenvalue weighted by Crippen LogP contribution is -2.45. The molecular weight excluding hydrogens is 297 g/mol. The van der Waals surface area contributed by atoms with Gasteiger partial charge in [-0.15, -0.1) is 36.2 Å². The van der Waals surface area contributed by atoms with E-state index in [-0.39, 0.29) is 30.7 Å². The minimum Gasteiger partial charge on any atom is -0.384 e. The number of aliphatic hydroxyl groups excluding tert-OH is 1. The number of halogens is 2. The molecule has 3 N–H and O–H groups in total. The summed E-state index contributed by atoms with van der Waals surface area (Å²) < 4.78 is 0. The zero-order chi connectivity index (χ0) is 11.5. The first-order valence-electron chi connectivity index (χ1n) is 5.32. The first-order valence-corrected chi connectivity index (χ1v) is 6.20. The second-order valence-corrected chi connectivity index (χ2v) is 4.80. The number of carbonyl (C=O) groups is 1. The maximum absolute atomic E-state index is 11.9. The van der Waals surface area contributed by atoms with E-state index in [9.17, 15) is 9.90 Å². The molecule has 1 aromatic rings. The minimum atomic E-state index is -0.992. The molecule has 2 heterocycles. The summed E-state index contributed by atoms with van der Waals surface area (Å²) in [6.07, 6.45) is 2.64. The van der Waals surface area contributed by atoms with Crippen LogP contribution in [0.2, 0.25) is 0 Å². The highest BCUT2D eigenvalue weighted by atomic mass is 35.5. The lowest BCUT2D eigenvalue weighted by Gasteiger charge is -2.22. The molecule has 2 atom stereocenters. The molecule has 0 saturated carbocycles. The Kier molecular flexibility index (Phi) is 7.73. The third-order valence-electron chi connectivity index (χ3n) is 2.75. The fraction of sp³-hybridized carbons (Fsp3) is 0.600. The van der Waals surface area contributed by atoms with Crippen molar-refractivity contribution in [3.8, 4) is 0 Å². The van der Waals surface area contributed by atoms with Crippen LogP contribution in [-0.4, -0.2) is 40.0 Å². The Morgan fingerprint density at radius 1 is 1.44 bits per heavy atom. The Hall–Kier alpha value is -0.400. The van der Waals surface area contributed by atoms with Crippen molar-refractivity contribution < 1.29 is 9.90 Å². The number of likely N-dealkylation sites (tertiary alicyclic amines) is 1. The van der Waals surface area contributed by atoms with Crippen LogP contribution in [0.5, 0.6) is 0 Å². The van der Waals surface area contributed by atoms with Gasteiger partial charge in [-0.05, 0) is 12.8 Å². The van der Waals surface area contributed by atoms with E-state index in [2.05, 4.69) is 4.98 Å². The summed E-state index contributed by atoms with van der Waals surface area (Å²) in [5.41, 5.74) is 5.76. The molecule has 0 aliphatic carbocycles. The molecule has 0 bridgehead atoms. The van der Waals surface area contributed by atoms with E-state index in [1.807, 2.05) is 0 Å². The van der Waals surface area contributed by atoms with Gasteiger partial charge >= 0.3 is 0 Å². The van der Waals surface area contributed by atoms with Crippen molar-refractivity contribution in [2.75, 3.05) is 13.1 Å². The third-order valence-corrected chi connectivity index (χ3v) is 3.59. The van der Waals surface area contributed by atoms with E-state index in [4.69, 9.17) is 5.73 Å². The Balaban J connectivity index is 0.00000144. The summed E-state index contributed by atoms with van der Waals surface area (Å²) >= 11 is 1.31. The highest BCUT2D eigenvalue weighted by Gasteiger charge is 2.30. The van der Waals surface area contributed by atoms with Crippen molar-refractivity contribution in [3.63, 3.8) is 0 Å². The largest absolute Gasteiger partial charge is 0.384 e. The summed E-state index contributed by atoms with van der Waals surface area (Å²) in [5.74, 6) is -0.180. The van der Waals surface area contributed by atoms with Gasteiger partial charge in [0.15, 0.2) is 0 Å². The van der Waals surface area contributed by atoms with Crippen LogP contribution in [0.25, 0.3) is 0 Å². The van der Waals surface area contributed by atoms with E-state index in [0.717, 1.165) is 25.9 Å². The Morgan fingerprint density at radius 2 is 2.06 bits per heavy atom. The van der Waals surface area contributed by atoms with Gasteiger partial charge in [0.2, 0.25) is 5.91 Å². The molecule has 2 rings (SSSR count). The summed E-state index contributed by atoms with van der Waals surface area (Å²) in [5, 5.41) is 12.1. The summed E-state index contributed by atoms with van der Waals surface area (Å²) in [6.45, 7) is 1.49. The van der Waals surface area contributed by atoms with Gasteiger partial charge in [0.1, 0.15) is 17.2 Å². The molecule has 18 heavy (non-hydrogen) atoms. The minimum absolute atomic E-state index is 0. The SMILES string of the molecule is Cl.Cl.NC(C(=O)N1CCCC1)C(O)c1nccs1. The van der Waals surface area contributed by atoms with Gasteiger partial charge in [-0.2, -0.15) is 0 Å². The van der Waals surface area contributed by atoms with Crippen molar-refractivity contribution in [2.45, 2.75) is 25.0 Å². The number of nitrogens with zero attached hydrogens (tertiary/aromatic N) is 2. The fourth-order valence-electron chi connectivity index (χ4n) is 1.82. The highest BCUT2D eigenvalue weighted by Crippen LogP contribution is 2.20. The van der Waals surface area contributed by atoms with Crippen molar-refractivity contribution in [2.24, 2.45) is 5.73 Å². The zero-order valence-corrected chi connectivity index (χ0v) is 12.1. The van der Waals surface area contributed by atoms with Gasteiger partial charge < -0.3 is 15.7 Å². The molecule has 1 amide bonds. The van der Waals surface area contributed by atoms with Crippen LogP contribution in [0.1, 0.15) is 24.0 Å². The predicted octanol–water partition coefficient (Wildman–Crippen LogP) is 0.970. The molecule has 1 fully saturated rings. The van der Waals surface area contributed by atoms with Crippen LogP contribution in [0, 0.1) is 0 Å². The molecule has 1 aliphatic rings. The zero-order valence-electron chi connectivity index (χ0n) is 9.69. The van der Waals surface area contributed by atoms with E-state index in [0.29, 0.717) is 5.01 Å². The van der Waals surface area contributed by atoms with Crippen molar-refractivity contribution in [1.29, 1.82) is 0 Å². The normalized spacial score (nSPS) is 17.6. The van der Waals surface area contributed by atoms with Gasteiger partial charge in [-0.25, -0.2) is 4.98 Å². The van der Waals surface area contributed by atoms with Crippen LogP contribution in [0.15, 0.2) is 11.6 Å². The Labute approximate surface area is 122 Å². The molecule has 8 heteroatoms. The molecule has 0 aromatic carbocycles. The van der Waals surface area contributed by atoms with Crippen LogP contribution in [0.4, 0.5) is 0 Å². The quantitative estimate of drug-likeness (QED) is 0.871. The van der Waals surface area contributed by atoms with Gasteiger partial charge in [-0.3, -0.25) is 4.79 Å². The first kappa shape index (κ1) is 17.6. The van der Waals surface area contributed by atoms with Crippen LogP contribution >= 0.6 is 36.2 Å². The fourth-order valence-corrected chi connectivity index (χ4v) is 2.49. The van der Waals surface area contributed by atoms with E-state index in [1.54, 1.807) is 16.5 Å². The average Bonchev–Trinajstić information content (AvgIpc) is 2.97. The number of hydrogen-bond acceptors (Lipinski definition) is 5. The molecule has 0 radical (unpaired) electrons. The number of aliphatic hydroxyl groups is 1. The second kappa shape index (κ2) is 7.91. The summed E-state index contributed by atoms with van der Waals surface area (Å²) in [4.78, 5) is 17.6. The van der Waals surface area contributed by atoms with Crippen LogP contribution < -0.4 is 5.73 Å². The van der Waals surface area contributed by atoms with E-state index >= 15 is 0 Å². The van der Waals surface area contributed by atoms with Gasteiger partial charge in [-0.1, -0.05) is 0 Å². The monoisotopic (exact) mass is 313 g/mol. The van der Waals surface area contributed by atoms with E-state index < -0.39 is 12.1 Å². The van der Waals surface area contributed by atoms with Gasteiger partial charge in [0.25, 0.3) is 0 Å². The molecule has 1 saturated heterocycles. The topological polar surface area (TPSA) is 79.5 Å². The predicted molar refractivity (Wildman–Crippen MR) is 75.4 cm³/mol. The molecule has 5 nitrogen and oxygen atoms in total. The standard InChI is InChI=1S/C10H15N3O2S.2ClH/c11-7(8(14)9-12-3-6-16-9)10(15)13-4-1-2-5-13;;/h3,6-8,14H,1-2,4-5,11H2;2*1H. The Bertz CT molecular complexity index is 358. The van der Waals surface area contributed by atoms with Gasteiger partial charge in [0, 0.05) is 24.7 Å². The lowest BCUT2D eigenvalue weighted by atomic mass is 10.1. The maximum atomic E-state index is 11.9. The van der Waals surface area contributed by atoms with Crippen LogP contribution in [0.3, 0.4) is 0 Å². The first-order chi connectivity index (χ1) is 7.70. The average molecular weight is 314 g/mol. The molecule has 104 valence electrons. The molecule has 2 unspecified atom stereocenters. The van der Waals surface area contributed by atoms with E-state index in [1.165, 1.54) is 11.3 Å². The number of amides is 1. The number of nitrogens with two attached hydrogens (primary N) is 1. The molecule has 0 spiro atoms. The summed E-state index contributed by atoms with van der Waals surface area (Å²) in [6, 6.07) is -0.899. The second-order valence-electron chi connectivity index (χ2n) is 3.87. The van der Waals surface area contributed by atoms with Crippen molar-refractivity contribution in [3.05, 3.63) is 16.6 Å². The number of aromatic nitrogens is 1. The number of rotatable bonds is 3. The maximum Gasteiger partial charge on any atom is 0.242 e. The van der Waals surface area contributed by atoms with Gasteiger partial charge in [0.05, 0.1) is 0 Å². The number of carbonyl (C=O) groups excluding carboxylic acids is 1. The van der Waals surface area contributed by atoms with Crippen molar-refractivity contribution >= 4 is 42.1 Å². The number of thiazole rings is 1.